The van der Waals surface area contributed by atoms with Crippen molar-refractivity contribution in [1.29, 1.82) is 0 Å². The van der Waals surface area contributed by atoms with Crippen LogP contribution in [0.2, 0.25) is 0 Å². The molecule has 1 aliphatic heterocycles. The molecular formula is C33H37F3N4O. The van der Waals surface area contributed by atoms with Crippen LogP contribution >= 0.6 is 0 Å². The van der Waals surface area contributed by atoms with Crippen molar-refractivity contribution in [2.24, 2.45) is 0 Å². The van der Waals surface area contributed by atoms with Crippen molar-refractivity contribution < 1.29 is 18.0 Å². The number of hydrogen-bond donors (Lipinski definition) is 1. The lowest BCUT2D eigenvalue weighted by Gasteiger charge is -2.40. The maximum atomic E-state index is 13.5. The molecule has 8 heteroatoms. The Bertz CT molecular complexity index is 1310. The maximum absolute atomic E-state index is 13.5. The number of carbonyl (C=O) groups is 1. The standard InChI is InChI=1S/C33H37F3N4O/c1-24-6-16-31(37-22-24)38-28-14-9-26(10-15-28)23-40(30-18-20-39(21-19-30)29-4-2-3-5-29)32(41)17-11-25-7-12-27(13-8-25)33(34,35)36/h6-17,22,29-30H,2-5,18-21,23H2,1H3,(H,37,38)/b17-11+. The summed E-state index contributed by atoms with van der Waals surface area (Å²) in [7, 11) is 0. The van der Waals surface area contributed by atoms with Gasteiger partial charge in [-0.3, -0.25) is 4.79 Å². The number of nitrogens with one attached hydrogen (secondary N) is 1. The Morgan fingerprint density at radius 2 is 1.66 bits per heavy atom. The number of pyridine rings is 1. The Kier molecular flexibility index (Phi) is 9.08. The second-order valence-corrected chi connectivity index (χ2v) is 11.2. The lowest BCUT2D eigenvalue weighted by Crippen LogP contribution is -2.48. The molecule has 0 unspecified atom stereocenters. The number of alkyl halides is 3. The number of benzene rings is 2. The van der Waals surface area contributed by atoms with E-state index >= 15 is 0 Å². The van der Waals surface area contributed by atoms with Gasteiger partial charge in [-0.1, -0.05) is 43.2 Å². The third-order valence-corrected chi connectivity index (χ3v) is 8.21. The molecule has 2 aliphatic rings. The Morgan fingerprint density at radius 3 is 2.27 bits per heavy atom. The van der Waals surface area contributed by atoms with Crippen LogP contribution in [0.15, 0.2) is 72.9 Å². The van der Waals surface area contributed by atoms with Crippen molar-refractivity contribution in [2.45, 2.75) is 70.3 Å². The summed E-state index contributed by atoms with van der Waals surface area (Å²) in [5.41, 5.74) is 2.88. The first-order valence-electron chi connectivity index (χ1n) is 14.4. The lowest BCUT2D eigenvalue weighted by atomic mass is 9.99. The van der Waals surface area contributed by atoms with E-state index < -0.39 is 11.7 Å². The van der Waals surface area contributed by atoms with Crippen molar-refractivity contribution in [2.75, 3.05) is 18.4 Å². The molecule has 2 aromatic carbocycles. The van der Waals surface area contributed by atoms with E-state index in [9.17, 15) is 18.0 Å². The third-order valence-electron chi connectivity index (χ3n) is 8.21. The minimum Gasteiger partial charge on any atom is -0.340 e. The van der Waals surface area contributed by atoms with Gasteiger partial charge in [0.05, 0.1) is 5.56 Å². The van der Waals surface area contributed by atoms with Crippen LogP contribution in [0.25, 0.3) is 6.08 Å². The van der Waals surface area contributed by atoms with Crippen LogP contribution in [0, 0.1) is 6.92 Å². The average Bonchev–Trinajstić information content (AvgIpc) is 3.52. The first-order valence-corrected chi connectivity index (χ1v) is 14.4. The molecule has 2 fully saturated rings. The fourth-order valence-corrected chi connectivity index (χ4v) is 5.85. The summed E-state index contributed by atoms with van der Waals surface area (Å²) >= 11 is 0. The van der Waals surface area contributed by atoms with E-state index in [1.54, 1.807) is 6.08 Å². The van der Waals surface area contributed by atoms with Crippen LogP contribution < -0.4 is 5.32 Å². The molecule has 5 rings (SSSR count). The van der Waals surface area contributed by atoms with Gasteiger partial charge in [0.25, 0.3) is 0 Å². The molecule has 5 nitrogen and oxygen atoms in total. The van der Waals surface area contributed by atoms with E-state index in [1.807, 2.05) is 54.4 Å². The second-order valence-electron chi connectivity index (χ2n) is 11.2. The van der Waals surface area contributed by atoms with E-state index in [4.69, 9.17) is 0 Å². The Morgan fingerprint density at radius 1 is 0.976 bits per heavy atom. The molecule has 1 aliphatic carbocycles. The van der Waals surface area contributed by atoms with Crippen molar-refractivity contribution in [3.63, 3.8) is 0 Å². The number of piperidine rings is 1. The molecule has 0 radical (unpaired) electrons. The highest BCUT2D eigenvalue weighted by Crippen LogP contribution is 2.30. The van der Waals surface area contributed by atoms with Gasteiger partial charge in [-0.15, -0.1) is 0 Å². The van der Waals surface area contributed by atoms with Gasteiger partial charge in [-0.2, -0.15) is 13.2 Å². The fraction of sp³-hybridized carbons (Fsp3) is 0.394. The highest BCUT2D eigenvalue weighted by molar-refractivity contribution is 5.92. The van der Waals surface area contributed by atoms with Crippen molar-refractivity contribution in [1.82, 2.24) is 14.8 Å². The summed E-state index contributed by atoms with van der Waals surface area (Å²) in [6.07, 6.45) is 7.48. The number of likely N-dealkylation sites (tertiary alicyclic amines) is 1. The molecule has 41 heavy (non-hydrogen) atoms. The van der Waals surface area contributed by atoms with E-state index in [0.29, 0.717) is 18.2 Å². The smallest absolute Gasteiger partial charge is 0.340 e. The molecule has 1 aromatic heterocycles. The Balaban J connectivity index is 1.28. The molecule has 1 saturated carbocycles. The van der Waals surface area contributed by atoms with Crippen LogP contribution in [0.5, 0.6) is 0 Å². The van der Waals surface area contributed by atoms with Gasteiger partial charge in [0.2, 0.25) is 5.91 Å². The van der Waals surface area contributed by atoms with Gasteiger partial charge < -0.3 is 15.1 Å². The fourth-order valence-electron chi connectivity index (χ4n) is 5.85. The van der Waals surface area contributed by atoms with Crippen molar-refractivity contribution in [3.8, 4) is 0 Å². The van der Waals surface area contributed by atoms with E-state index in [2.05, 4.69) is 15.2 Å². The summed E-state index contributed by atoms with van der Waals surface area (Å²) < 4.78 is 38.8. The molecule has 0 bridgehead atoms. The SMILES string of the molecule is Cc1ccc(Nc2ccc(CN(C(=O)/C=C/c3ccc(C(F)(F)F)cc3)C3CCN(C4CCCC4)CC3)cc2)nc1. The number of rotatable bonds is 8. The number of anilines is 2. The highest BCUT2D eigenvalue weighted by Gasteiger charge is 2.31. The van der Waals surface area contributed by atoms with E-state index in [1.165, 1.54) is 43.9 Å². The molecular weight excluding hydrogens is 525 g/mol. The normalized spacial score (nSPS) is 17.3. The molecule has 1 N–H and O–H groups in total. The molecule has 216 valence electrons. The predicted molar refractivity (Wildman–Crippen MR) is 157 cm³/mol. The zero-order valence-electron chi connectivity index (χ0n) is 23.4. The molecule has 1 saturated heterocycles. The van der Waals surface area contributed by atoms with E-state index in [-0.39, 0.29) is 11.9 Å². The van der Waals surface area contributed by atoms with Crippen LogP contribution in [0.3, 0.4) is 0 Å². The second kappa shape index (κ2) is 12.9. The molecule has 0 spiro atoms. The summed E-state index contributed by atoms with van der Waals surface area (Å²) in [5, 5.41) is 3.30. The van der Waals surface area contributed by atoms with Gasteiger partial charge in [0, 0.05) is 49.7 Å². The van der Waals surface area contributed by atoms with Crippen LogP contribution in [0.1, 0.15) is 60.8 Å². The quantitative estimate of drug-likeness (QED) is 0.287. The van der Waals surface area contributed by atoms with Crippen LogP contribution in [-0.4, -0.2) is 45.9 Å². The first kappa shape index (κ1) is 28.9. The molecule has 0 atom stereocenters. The number of carbonyl (C=O) groups excluding carboxylic acids is 1. The van der Waals surface area contributed by atoms with Gasteiger partial charge in [-0.25, -0.2) is 4.98 Å². The van der Waals surface area contributed by atoms with Crippen molar-refractivity contribution in [3.05, 3.63) is 95.2 Å². The zero-order valence-corrected chi connectivity index (χ0v) is 23.4. The monoisotopic (exact) mass is 562 g/mol. The zero-order chi connectivity index (χ0) is 28.8. The first-order chi connectivity index (χ1) is 19.7. The highest BCUT2D eigenvalue weighted by atomic mass is 19.4. The van der Waals surface area contributed by atoms with Gasteiger partial charge >= 0.3 is 6.18 Å². The number of halogens is 3. The lowest BCUT2D eigenvalue weighted by molar-refractivity contribution is -0.137. The number of nitrogens with zero attached hydrogens (tertiary/aromatic N) is 3. The Hall–Kier alpha value is -3.65. The van der Waals surface area contributed by atoms with Crippen LogP contribution in [0.4, 0.5) is 24.7 Å². The summed E-state index contributed by atoms with van der Waals surface area (Å²) in [5.74, 6) is 0.637. The number of aryl methyl sites for hydroxylation is 1. The summed E-state index contributed by atoms with van der Waals surface area (Å²) in [4.78, 5) is 22.5. The number of amides is 1. The molecule has 2 heterocycles. The minimum atomic E-state index is -4.38. The summed E-state index contributed by atoms with van der Waals surface area (Å²) in [6, 6.07) is 17.6. The maximum Gasteiger partial charge on any atom is 0.416 e. The largest absolute Gasteiger partial charge is 0.416 e. The van der Waals surface area contributed by atoms with E-state index in [0.717, 1.165) is 60.7 Å². The number of aromatic nitrogens is 1. The summed E-state index contributed by atoms with van der Waals surface area (Å²) in [6.45, 7) is 4.42. The van der Waals surface area contributed by atoms with Gasteiger partial charge in [0.15, 0.2) is 0 Å². The molecule has 1 amide bonds. The van der Waals surface area contributed by atoms with Gasteiger partial charge in [-0.05, 0) is 85.7 Å². The predicted octanol–water partition coefficient (Wildman–Crippen LogP) is 7.60. The van der Waals surface area contributed by atoms with Gasteiger partial charge in [0.1, 0.15) is 5.82 Å². The third kappa shape index (κ3) is 7.76. The van der Waals surface area contributed by atoms with Crippen LogP contribution in [-0.2, 0) is 17.5 Å². The average molecular weight is 563 g/mol. The topological polar surface area (TPSA) is 48.5 Å². The Labute approximate surface area is 240 Å². The minimum absolute atomic E-state index is 0.104. The molecule has 3 aromatic rings. The van der Waals surface area contributed by atoms with Crippen molar-refractivity contribution >= 4 is 23.5 Å². The number of hydrogen-bond acceptors (Lipinski definition) is 4.